The second-order valence-corrected chi connectivity index (χ2v) is 6.26. The Morgan fingerprint density at radius 2 is 1.89 bits per heavy atom. The predicted molar refractivity (Wildman–Crippen MR) is 97.3 cm³/mol. The maximum Gasteiger partial charge on any atom is 0.387 e. The molecule has 2 heterocycles. The lowest BCUT2D eigenvalue weighted by molar-refractivity contribution is -0.170. The van der Waals surface area contributed by atoms with E-state index in [1.165, 1.54) is 12.1 Å². The molecule has 0 saturated carbocycles. The standard InChI is InChI=1S/C21H21F2NO3/c1-2-3-16-13-25-20(26-14-16)11-5-15-4-10-19(24-12-15)17-6-8-18(9-7-17)27-21(22)23/h4,6-10,12,16,20-21H,2-3,13-14H2,1H3/t16-,20-. The topological polar surface area (TPSA) is 40.6 Å². The molecule has 6 heteroatoms. The van der Waals surface area contributed by atoms with Crippen LogP contribution in [-0.2, 0) is 9.47 Å². The Hall–Kier alpha value is -2.49. The van der Waals surface area contributed by atoms with E-state index in [1.807, 2.05) is 12.1 Å². The van der Waals surface area contributed by atoms with Gasteiger partial charge in [0, 0.05) is 23.2 Å². The lowest BCUT2D eigenvalue weighted by Crippen LogP contribution is -2.31. The van der Waals surface area contributed by atoms with Crippen LogP contribution in [0.15, 0.2) is 42.6 Å². The molecule has 0 bridgehead atoms. The van der Waals surface area contributed by atoms with E-state index in [9.17, 15) is 8.78 Å². The molecule has 142 valence electrons. The van der Waals surface area contributed by atoms with E-state index >= 15 is 0 Å². The Kier molecular flexibility index (Phi) is 6.74. The molecule has 2 aromatic rings. The molecule has 0 amide bonds. The molecule has 3 rings (SSSR count). The second-order valence-electron chi connectivity index (χ2n) is 6.26. The van der Waals surface area contributed by atoms with Crippen molar-refractivity contribution < 1.29 is 23.0 Å². The number of hydrogen-bond acceptors (Lipinski definition) is 4. The van der Waals surface area contributed by atoms with Gasteiger partial charge in [-0.05, 0) is 48.7 Å². The predicted octanol–water partition coefficient (Wildman–Crippen LogP) is 4.49. The number of rotatable bonds is 5. The van der Waals surface area contributed by atoms with Crippen LogP contribution in [0.1, 0.15) is 25.3 Å². The largest absolute Gasteiger partial charge is 0.435 e. The minimum atomic E-state index is -2.83. The summed E-state index contributed by atoms with van der Waals surface area (Å²) in [5, 5.41) is 0. The van der Waals surface area contributed by atoms with E-state index in [4.69, 9.17) is 9.47 Å². The van der Waals surface area contributed by atoms with Gasteiger partial charge in [0.1, 0.15) is 5.75 Å². The average molecular weight is 373 g/mol. The Balaban J connectivity index is 1.58. The zero-order chi connectivity index (χ0) is 19.1. The third kappa shape index (κ3) is 5.75. The van der Waals surface area contributed by atoms with Crippen LogP contribution in [0.5, 0.6) is 5.75 Å². The van der Waals surface area contributed by atoms with Crippen molar-refractivity contribution in [2.45, 2.75) is 32.7 Å². The summed E-state index contributed by atoms with van der Waals surface area (Å²) in [6, 6.07) is 10.0. The van der Waals surface area contributed by atoms with Crippen molar-refractivity contribution in [2.24, 2.45) is 5.92 Å². The van der Waals surface area contributed by atoms with E-state index in [0.717, 1.165) is 29.7 Å². The maximum atomic E-state index is 12.2. The normalized spacial score (nSPS) is 19.4. The molecule has 1 aromatic carbocycles. The van der Waals surface area contributed by atoms with Gasteiger partial charge in [-0.3, -0.25) is 4.98 Å². The molecule has 0 aliphatic carbocycles. The molecule has 0 N–H and O–H groups in total. The van der Waals surface area contributed by atoms with Gasteiger partial charge in [-0.2, -0.15) is 8.78 Å². The van der Waals surface area contributed by atoms with Crippen LogP contribution < -0.4 is 4.74 Å². The Bertz CT molecular complexity index is 774. The molecule has 0 spiro atoms. The van der Waals surface area contributed by atoms with Gasteiger partial charge >= 0.3 is 6.61 Å². The molecule has 1 aromatic heterocycles. The number of hydrogen-bond donors (Lipinski definition) is 0. The molecule has 0 radical (unpaired) electrons. The first kappa shape index (κ1) is 19.3. The number of alkyl halides is 2. The van der Waals surface area contributed by atoms with Gasteiger partial charge in [0.05, 0.1) is 18.9 Å². The molecule has 4 nitrogen and oxygen atoms in total. The lowest BCUT2D eigenvalue weighted by Gasteiger charge is -2.26. The van der Waals surface area contributed by atoms with E-state index in [2.05, 4.69) is 28.5 Å². The van der Waals surface area contributed by atoms with E-state index in [1.54, 1.807) is 18.3 Å². The summed E-state index contributed by atoms with van der Waals surface area (Å²) in [7, 11) is 0. The Morgan fingerprint density at radius 3 is 2.48 bits per heavy atom. The minimum absolute atomic E-state index is 0.116. The fourth-order valence-corrected chi connectivity index (χ4v) is 2.79. The third-order valence-electron chi connectivity index (χ3n) is 4.14. The number of halogens is 2. The van der Waals surface area contributed by atoms with Crippen LogP contribution in [0.3, 0.4) is 0 Å². The fourth-order valence-electron chi connectivity index (χ4n) is 2.79. The Morgan fingerprint density at radius 1 is 1.15 bits per heavy atom. The van der Waals surface area contributed by atoms with E-state index < -0.39 is 12.9 Å². The molecular formula is C21H21F2NO3. The minimum Gasteiger partial charge on any atom is -0.435 e. The van der Waals surface area contributed by atoms with Crippen molar-refractivity contribution in [3.8, 4) is 28.8 Å². The number of ether oxygens (including phenoxy) is 3. The highest BCUT2D eigenvalue weighted by atomic mass is 19.3. The quantitative estimate of drug-likeness (QED) is 0.724. The molecule has 27 heavy (non-hydrogen) atoms. The highest BCUT2D eigenvalue weighted by Crippen LogP contribution is 2.22. The van der Waals surface area contributed by atoms with E-state index in [0.29, 0.717) is 19.1 Å². The van der Waals surface area contributed by atoms with Gasteiger partial charge in [0.2, 0.25) is 6.29 Å². The van der Waals surface area contributed by atoms with Crippen LogP contribution in [0, 0.1) is 17.8 Å². The molecule has 1 aliphatic rings. The lowest BCUT2D eigenvalue weighted by atomic mass is 10.1. The van der Waals surface area contributed by atoms with Crippen molar-refractivity contribution in [3.05, 3.63) is 48.2 Å². The fraction of sp³-hybridized carbons (Fsp3) is 0.381. The number of pyridine rings is 1. The first-order valence-corrected chi connectivity index (χ1v) is 8.90. The highest BCUT2D eigenvalue weighted by Gasteiger charge is 2.19. The zero-order valence-electron chi connectivity index (χ0n) is 15.0. The Labute approximate surface area is 157 Å². The second kappa shape index (κ2) is 9.45. The van der Waals surface area contributed by atoms with Crippen molar-refractivity contribution in [3.63, 3.8) is 0 Å². The number of aromatic nitrogens is 1. The summed E-state index contributed by atoms with van der Waals surface area (Å²) in [5.74, 6) is 6.53. The van der Waals surface area contributed by atoms with Crippen LogP contribution in [0.25, 0.3) is 11.3 Å². The average Bonchev–Trinajstić information content (AvgIpc) is 2.68. The molecular weight excluding hydrogens is 352 g/mol. The number of nitrogens with zero attached hydrogens (tertiary/aromatic N) is 1. The summed E-state index contributed by atoms with van der Waals surface area (Å²) in [6.07, 6.45) is 3.38. The van der Waals surface area contributed by atoms with Crippen LogP contribution in [0.4, 0.5) is 8.78 Å². The van der Waals surface area contributed by atoms with Crippen LogP contribution in [0.2, 0.25) is 0 Å². The molecule has 1 fully saturated rings. The highest BCUT2D eigenvalue weighted by molar-refractivity contribution is 5.60. The summed E-state index contributed by atoms with van der Waals surface area (Å²) < 4.78 is 39.9. The van der Waals surface area contributed by atoms with E-state index in [-0.39, 0.29) is 5.75 Å². The third-order valence-corrected chi connectivity index (χ3v) is 4.14. The summed E-state index contributed by atoms with van der Waals surface area (Å²) >= 11 is 0. The first-order chi connectivity index (χ1) is 13.1. The zero-order valence-corrected chi connectivity index (χ0v) is 15.0. The van der Waals surface area contributed by atoms with Gasteiger partial charge in [0.15, 0.2) is 0 Å². The van der Waals surface area contributed by atoms with Gasteiger partial charge < -0.3 is 14.2 Å². The van der Waals surface area contributed by atoms with Gasteiger partial charge in [-0.25, -0.2) is 0 Å². The van der Waals surface area contributed by atoms with Gasteiger partial charge in [0.25, 0.3) is 0 Å². The summed E-state index contributed by atoms with van der Waals surface area (Å²) in [4.78, 5) is 4.37. The van der Waals surface area contributed by atoms with Gasteiger partial charge in [-0.1, -0.05) is 19.3 Å². The molecule has 0 unspecified atom stereocenters. The number of benzene rings is 1. The smallest absolute Gasteiger partial charge is 0.387 e. The molecule has 0 atom stereocenters. The van der Waals surface area contributed by atoms with Crippen LogP contribution in [-0.4, -0.2) is 31.1 Å². The van der Waals surface area contributed by atoms with Crippen molar-refractivity contribution in [1.82, 2.24) is 4.98 Å². The van der Waals surface area contributed by atoms with Crippen molar-refractivity contribution in [2.75, 3.05) is 13.2 Å². The first-order valence-electron chi connectivity index (χ1n) is 8.90. The van der Waals surface area contributed by atoms with Crippen molar-refractivity contribution in [1.29, 1.82) is 0 Å². The maximum absolute atomic E-state index is 12.2. The molecule has 1 aliphatic heterocycles. The summed E-state index contributed by atoms with van der Waals surface area (Å²) in [6.45, 7) is 0.667. The molecule has 1 saturated heterocycles. The van der Waals surface area contributed by atoms with Crippen LogP contribution >= 0.6 is 0 Å². The summed E-state index contributed by atoms with van der Waals surface area (Å²) in [5.41, 5.74) is 2.27. The SMILES string of the molecule is CCC[C@H]1CO[C@H](C#Cc2ccc(-c3ccc(OC(F)F)cc3)nc2)OC1. The monoisotopic (exact) mass is 373 g/mol. The van der Waals surface area contributed by atoms with Crippen molar-refractivity contribution >= 4 is 0 Å². The van der Waals surface area contributed by atoms with Gasteiger partial charge in [-0.15, -0.1) is 0 Å².